The van der Waals surface area contributed by atoms with Gasteiger partial charge in [-0.25, -0.2) is 4.79 Å². The number of oxime groups is 1. The van der Waals surface area contributed by atoms with E-state index in [9.17, 15) is 4.79 Å². The molecule has 1 unspecified atom stereocenters. The van der Waals surface area contributed by atoms with E-state index in [0.717, 1.165) is 28.3 Å². The normalized spacial score (nSPS) is 15.2. The fourth-order valence-electron chi connectivity index (χ4n) is 3.09. The molecular weight excluding hydrogens is 384 g/mol. The highest BCUT2D eigenvalue weighted by atomic mass is 16.7. The number of urea groups is 1. The Balaban J connectivity index is 1.23. The van der Waals surface area contributed by atoms with Crippen LogP contribution < -0.4 is 15.4 Å². The molecule has 8 nitrogen and oxygen atoms in total. The zero-order chi connectivity index (χ0) is 20.8. The molecule has 1 atom stereocenters. The van der Waals surface area contributed by atoms with Crippen molar-refractivity contribution in [3.8, 4) is 16.9 Å². The third kappa shape index (κ3) is 4.96. The first kappa shape index (κ1) is 19.5. The standard InChI is InChI=1S/C22H22N4O4/c1-15-10-17(6-8-23-15)25-22(27)24-12-18-11-19(30-26-18)14-29-21-5-3-2-4-20(21)16-7-9-28-13-16/h2-10,13,19H,11-12,14H2,1H3,(H2,23,24,25,27). The lowest BCUT2D eigenvalue weighted by Gasteiger charge is -2.13. The molecule has 2 amide bonds. The highest BCUT2D eigenvalue weighted by Gasteiger charge is 2.22. The smallest absolute Gasteiger partial charge is 0.319 e. The molecule has 2 aromatic heterocycles. The van der Waals surface area contributed by atoms with Crippen LogP contribution in [0.3, 0.4) is 0 Å². The van der Waals surface area contributed by atoms with E-state index < -0.39 is 0 Å². The first-order chi connectivity index (χ1) is 14.7. The monoisotopic (exact) mass is 406 g/mol. The van der Waals surface area contributed by atoms with Crippen molar-refractivity contribution in [2.75, 3.05) is 18.5 Å². The summed E-state index contributed by atoms with van der Waals surface area (Å²) < 4.78 is 11.1. The summed E-state index contributed by atoms with van der Waals surface area (Å²) in [6.45, 7) is 2.52. The van der Waals surface area contributed by atoms with E-state index in [2.05, 4.69) is 20.8 Å². The number of carbonyl (C=O) groups is 1. The maximum absolute atomic E-state index is 12.1. The van der Waals surface area contributed by atoms with E-state index >= 15 is 0 Å². The zero-order valence-corrected chi connectivity index (χ0v) is 16.5. The van der Waals surface area contributed by atoms with Gasteiger partial charge in [-0.1, -0.05) is 23.4 Å². The predicted molar refractivity (Wildman–Crippen MR) is 113 cm³/mol. The van der Waals surface area contributed by atoms with Crippen molar-refractivity contribution in [3.63, 3.8) is 0 Å². The minimum Gasteiger partial charge on any atom is -0.489 e. The van der Waals surface area contributed by atoms with E-state index in [0.29, 0.717) is 25.3 Å². The van der Waals surface area contributed by atoms with Crippen molar-refractivity contribution in [1.29, 1.82) is 0 Å². The Labute approximate surface area is 173 Å². The van der Waals surface area contributed by atoms with Crippen molar-refractivity contribution >= 4 is 17.4 Å². The molecule has 0 saturated heterocycles. The summed E-state index contributed by atoms with van der Waals surface area (Å²) in [4.78, 5) is 21.6. The van der Waals surface area contributed by atoms with Gasteiger partial charge in [-0.3, -0.25) is 4.98 Å². The van der Waals surface area contributed by atoms with Crippen molar-refractivity contribution in [3.05, 3.63) is 66.9 Å². The number of amides is 2. The molecule has 154 valence electrons. The first-order valence-electron chi connectivity index (χ1n) is 9.61. The van der Waals surface area contributed by atoms with Gasteiger partial charge in [0.05, 0.1) is 24.8 Å². The lowest BCUT2D eigenvalue weighted by atomic mass is 10.1. The minimum atomic E-state index is -0.308. The molecule has 4 rings (SSSR count). The lowest BCUT2D eigenvalue weighted by molar-refractivity contribution is 0.0472. The number of nitrogens with one attached hydrogen (secondary N) is 2. The Morgan fingerprint density at radius 2 is 2.17 bits per heavy atom. The van der Waals surface area contributed by atoms with Crippen LogP contribution in [0.25, 0.3) is 11.1 Å². The molecule has 0 aliphatic carbocycles. The molecule has 0 saturated carbocycles. The van der Waals surface area contributed by atoms with E-state index in [1.807, 2.05) is 37.3 Å². The van der Waals surface area contributed by atoms with Crippen LogP contribution in [-0.2, 0) is 4.84 Å². The minimum absolute atomic E-state index is 0.204. The number of hydrogen-bond acceptors (Lipinski definition) is 6. The van der Waals surface area contributed by atoms with Crippen molar-refractivity contribution in [2.24, 2.45) is 5.16 Å². The van der Waals surface area contributed by atoms with Gasteiger partial charge in [-0.15, -0.1) is 0 Å². The Hall–Kier alpha value is -3.81. The Morgan fingerprint density at radius 1 is 1.27 bits per heavy atom. The predicted octanol–water partition coefficient (Wildman–Crippen LogP) is 4.00. The molecule has 3 heterocycles. The van der Waals surface area contributed by atoms with Crippen LogP contribution in [0.15, 0.2) is 70.8 Å². The molecule has 8 heteroatoms. The fourth-order valence-corrected chi connectivity index (χ4v) is 3.09. The average molecular weight is 406 g/mol. The van der Waals surface area contributed by atoms with Crippen LogP contribution in [0.1, 0.15) is 12.1 Å². The number of rotatable bonds is 7. The van der Waals surface area contributed by atoms with Gasteiger partial charge < -0.3 is 24.6 Å². The van der Waals surface area contributed by atoms with Gasteiger partial charge in [0.25, 0.3) is 0 Å². The largest absolute Gasteiger partial charge is 0.489 e. The molecule has 2 N–H and O–H groups in total. The third-order valence-electron chi connectivity index (χ3n) is 4.55. The number of furan rings is 1. The van der Waals surface area contributed by atoms with E-state index in [-0.39, 0.29) is 12.1 Å². The number of pyridine rings is 1. The second-order valence-corrected chi connectivity index (χ2v) is 6.90. The average Bonchev–Trinajstić information content (AvgIpc) is 3.43. The molecule has 0 radical (unpaired) electrons. The third-order valence-corrected chi connectivity index (χ3v) is 4.55. The van der Waals surface area contributed by atoms with Gasteiger partial charge >= 0.3 is 6.03 Å². The number of carbonyl (C=O) groups excluding carboxylic acids is 1. The Kier molecular flexibility index (Phi) is 5.93. The number of anilines is 1. The highest BCUT2D eigenvalue weighted by Crippen LogP contribution is 2.30. The summed E-state index contributed by atoms with van der Waals surface area (Å²) in [6.07, 6.45) is 5.34. The number of aromatic nitrogens is 1. The Morgan fingerprint density at radius 3 is 3.00 bits per heavy atom. The Bertz CT molecular complexity index is 1030. The molecule has 1 aromatic carbocycles. The summed E-state index contributed by atoms with van der Waals surface area (Å²) in [5, 5.41) is 9.61. The molecule has 0 fully saturated rings. The van der Waals surface area contributed by atoms with Gasteiger partial charge in [0.1, 0.15) is 12.4 Å². The van der Waals surface area contributed by atoms with Crippen LogP contribution in [0.5, 0.6) is 5.75 Å². The van der Waals surface area contributed by atoms with Gasteiger partial charge in [-0.2, -0.15) is 0 Å². The molecule has 30 heavy (non-hydrogen) atoms. The van der Waals surface area contributed by atoms with Gasteiger partial charge in [-0.05, 0) is 31.2 Å². The molecule has 1 aliphatic heterocycles. The van der Waals surface area contributed by atoms with E-state index in [4.69, 9.17) is 14.0 Å². The highest BCUT2D eigenvalue weighted by molar-refractivity contribution is 5.94. The van der Waals surface area contributed by atoms with Crippen molar-refractivity contribution in [2.45, 2.75) is 19.4 Å². The summed E-state index contributed by atoms with van der Waals surface area (Å²) >= 11 is 0. The van der Waals surface area contributed by atoms with Crippen LogP contribution >= 0.6 is 0 Å². The van der Waals surface area contributed by atoms with Crippen LogP contribution in [0.2, 0.25) is 0 Å². The number of hydrogen-bond donors (Lipinski definition) is 2. The molecule has 3 aromatic rings. The molecule has 0 bridgehead atoms. The van der Waals surface area contributed by atoms with Crippen molar-refractivity contribution in [1.82, 2.24) is 10.3 Å². The maximum atomic E-state index is 12.1. The maximum Gasteiger partial charge on any atom is 0.319 e. The topological polar surface area (TPSA) is 98.0 Å². The second kappa shape index (κ2) is 9.13. The number of benzene rings is 1. The summed E-state index contributed by atoms with van der Waals surface area (Å²) in [6, 6.07) is 12.9. The van der Waals surface area contributed by atoms with E-state index in [1.165, 1.54) is 0 Å². The number of para-hydroxylation sites is 1. The molecule has 1 aliphatic rings. The molecular formula is C22H22N4O4. The first-order valence-corrected chi connectivity index (χ1v) is 9.61. The van der Waals surface area contributed by atoms with Crippen molar-refractivity contribution < 1.29 is 18.8 Å². The number of ether oxygens (including phenoxy) is 1. The van der Waals surface area contributed by atoms with Gasteiger partial charge in [0.15, 0.2) is 6.10 Å². The second-order valence-electron chi connectivity index (χ2n) is 6.90. The SMILES string of the molecule is Cc1cc(NC(=O)NCC2=NOC(COc3ccccc3-c3ccoc3)C2)ccn1. The van der Waals surface area contributed by atoms with E-state index in [1.54, 1.807) is 30.9 Å². The number of aryl methyl sites for hydroxylation is 1. The molecule has 0 spiro atoms. The number of nitrogens with zero attached hydrogens (tertiary/aromatic N) is 2. The van der Waals surface area contributed by atoms with Gasteiger partial charge in [0, 0.05) is 35.1 Å². The van der Waals surface area contributed by atoms with Gasteiger partial charge in [0.2, 0.25) is 0 Å². The van der Waals surface area contributed by atoms with Crippen LogP contribution in [0.4, 0.5) is 10.5 Å². The summed E-state index contributed by atoms with van der Waals surface area (Å²) in [7, 11) is 0. The lowest BCUT2D eigenvalue weighted by Crippen LogP contribution is -2.33. The van der Waals surface area contributed by atoms with Crippen LogP contribution in [-0.4, -0.2) is 36.0 Å². The zero-order valence-electron chi connectivity index (χ0n) is 16.5. The fraction of sp³-hybridized carbons (Fsp3) is 0.227. The quantitative estimate of drug-likeness (QED) is 0.618. The summed E-state index contributed by atoms with van der Waals surface area (Å²) in [5.41, 5.74) is 4.18. The van der Waals surface area contributed by atoms with Crippen LogP contribution in [0, 0.1) is 6.92 Å². The summed E-state index contributed by atoms with van der Waals surface area (Å²) in [5.74, 6) is 0.751.